The van der Waals surface area contributed by atoms with Gasteiger partial charge in [0.25, 0.3) is 5.22 Å². The van der Waals surface area contributed by atoms with Crippen LogP contribution in [0.1, 0.15) is 27.0 Å². The van der Waals surface area contributed by atoms with E-state index in [2.05, 4.69) is 19.9 Å². The summed E-state index contributed by atoms with van der Waals surface area (Å²) in [7, 11) is 1.35. The molecule has 0 unspecified atom stereocenters. The molecule has 2 heterocycles. The van der Waals surface area contributed by atoms with Gasteiger partial charge in [-0.3, -0.25) is 0 Å². The van der Waals surface area contributed by atoms with Gasteiger partial charge in [0.1, 0.15) is 5.75 Å². The minimum absolute atomic E-state index is 0.368. The van der Waals surface area contributed by atoms with Crippen LogP contribution in [0.2, 0.25) is 0 Å². The predicted octanol–water partition coefficient (Wildman–Crippen LogP) is 3.38. The van der Waals surface area contributed by atoms with Gasteiger partial charge in [-0.15, -0.1) is 21.5 Å². The van der Waals surface area contributed by atoms with Crippen molar-refractivity contribution in [3.8, 4) is 5.75 Å². The number of ether oxygens (including phenoxy) is 2. The molecule has 0 fully saturated rings. The van der Waals surface area contributed by atoms with Gasteiger partial charge in [0.2, 0.25) is 5.89 Å². The standard InChI is InChI=1S/C17H17N3O4S2/c1-11-18-13(10-26-11)9-15-19-20-17(24-15)25-8-7-23-14-5-3-12(4-6-14)16(21)22-2/h3-6,10H,7-9H2,1-2H3. The van der Waals surface area contributed by atoms with E-state index in [1.54, 1.807) is 35.6 Å². The number of aryl methyl sites for hydroxylation is 1. The lowest BCUT2D eigenvalue weighted by molar-refractivity contribution is 0.0600. The minimum atomic E-state index is -0.368. The largest absolute Gasteiger partial charge is 0.493 e. The van der Waals surface area contributed by atoms with Crippen LogP contribution in [-0.4, -0.2) is 40.6 Å². The van der Waals surface area contributed by atoms with Crippen LogP contribution in [-0.2, 0) is 11.2 Å². The van der Waals surface area contributed by atoms with Crippen LogP contribution < -0.4 is 4.74 Å². The molecule has 0 spiro atoms. The Hall–Kier alpha value is -2.39. The predicted molar refractivity (Wildman–Crippen MR) is 98.0 cm³/mol. The summed E-state index contributed by atoms with van der Waals surface area (Å²) in [6, 6.07) is 6.80. The number of esters is 1. The van der Waals surface area contributed by atoms with Crippen LogP contribution in [0.25, 0.3) is 0 Å². The first-order valence-corrected chi connectivity index (χ1v) is 9.68. The van der Waals surface area contributed by atoms with Gasteiger partial charge in [-0.25, -0.2) is 9.78 Å². The molecule has 3 rings (SSSR count). The van der Waals surface area contributed by atoms with E-state index in [0.29, 0.717) is 41.2 Å². The van der Waals surface area contributed by atoms with Crippen LogP contribution in [0.4, 0.5) is 0 Å². The number of carbonyl (C=O) groups excluding carboxylic acids is 1. The number of thioether (sulfide) groups is 1. The van der Waals surface area contributed by atoms with Gasteiger partial charge in [-0.1, -0.05) is 11.8 Å². The second kappa shape index (κ2) is 8.81. The van der Waals surface area contributed by atoms with Crippen molar-refractivity contribution in [2.24, 2.45) is 0 Å². The third kappa shape index (κ3) is 5.06. The fourth-order valence-corrected chi connectivity index (χ4v) is 3.31. The number of carbonyl (C=O) groups is 1. The molecule has 0 atom stereocenters. The molecular weight excluding hydrogens is 374 g/mol. The van der Waals surface area contributed by atoms with Crippen molar-refractivity contribution in [1.82, 2.24) is 15.2 Å². The lowest BCUT2D eigenvalue weighted by atomic mass is 10.2. The first-order valence-electron chi connectivity index (χ1n) is 7.81. The van der Waals surface area contributed by atoms with Gasteiger partial charge >= 0.3 is 5.97 Å². The fraction of sp³-hybridized carbons (Fsp3) is 0.294. The Bertz CT molecular complexity index is 861. The summed E-state index contributed by atoms with van der Waals surface area (Å²) in [5.74, 6) is 1.53. The number of hydrogen-bond acceptors (Lipinski definition) is 9. The molecule has 3 aromatic rings. The van der Waals surface area contributed by atoms with Gasteiger partial charge in [0.05, 0.1) is 36.4 Å². The van der Waals surface area contributed by atoms with Gasteiger partial charge in [0.15, 0.2) is 0 Å². The zero-order valence-corrected chi connectivity index (χ0v) is 15.9. The number of benzene rings is 1. The van der Waals surface area contributed by atoms with Crippen molar-refractivity contribution in [1.29, 1.82) is 0 Å². The van der Waals surface area contributed by atoms with Crippen molar-refractivity contribution in [3.63, 3.8) is 0 Å². The van der Waals surface area contributed by atoms with Crippen molar-refractivity contribution < 1.29 is 18.7 Å². The van der Waals surface area contributed by atoms with Gasteiger partial charge < -0.3 is 13.9 Å². The van der Waals surface area contributed by atoms with Crippen LogP contribution >= 0.6 is 23.1 Å². The summed E-state index contributed by atoms with van der Waals surface area (Å²) in [6.45, 7) is 2.44. The van der Waals surface area contributed by atoms with Crippen LogP contribution in [0.5, 0.6) is 5.75 Å². The highest BCUT2D eigenvalue weighted by Crippen LogP contribution is 2.19. The van der Waals surface area contributed by atoms with Crippen LogP contribution in [0.15, 0.2) is 39.3 Å². The zero-order chi connectivity index (χ0) is 18.4. The van der Waals surface area contributed by atoms with E-state index in [9.17, 15) is 4.79 Å². The smallest absolute Gasteiger partial charge is 0.337 e. The van der Waals surface area contributed by atoms with E-state index in [4.69, 9.17) is 9.15 Å². The van der Waals surface area contributed by atoms with E-state index >= 15 is 0 Å². The highest BCUT2D eigenvalue weighted by molar-refractivity contribution is 7.99. The fourth-order valence-electron chi connectivity index (χ4n) is 2.11. The maximum absolute atomic E-state index is 11.4. The lowest BCUT2D eigenvalue weighted by Gasteiger charge is -2.05. The van der Waals surface area contributed by atoms with Crippen molar-refractivity contribution >= 4 is 29.1 Å². The molecule has 0 bridgehead atoms. The molecule has 26 heavy (non-hydrogen) atoms. The number of methoxy groups -OCH3 is 1. The topological polar surface area (TPSA) is 87.3 Å². The molecule has 0 aliphatic carbocycles. The van der Waals surface area contributed by atoms with Crippen LogP contribution in [0, 0.1) is 6.92 Å². The number of hydrogen-bond donors (Lipinski definition) is 0. The number of thiazole rings is 1. The molecule has 1 aromatic carbocycles. The zero-order valence-electron chi connectivity index (χ0n) is 14.3. The Kier molecular flexibility index (Phi) is 6.24. The van der Waals surface area contributed by atoms with Gasteiger partial charge in [0, 0.05) is 11.1 Å². The Morgan fingerprint density at radius 3 is 2.77 bits per heavy atom. The van der Waals surface area contributed by atoms with Crippen molar-refractivity contribution in [3.05, 3.63) is 51.8 Å². The van der Waals surface area contributed by atoms with Crippen LogP contribution in [0.3, 0.4) is 0 Å². The van der Waals surface area contributed by atoms with E-state index < -0.39 is 0 Å². The maximum Gasteiger partial charge on any atom is 0.337 e. The first kappa shape index (κ1) is 18.4. The molecule has 7 nitrogen and oxygen atoms in total. The Labute approximate surface area is 158 Å². The molecule has 136 valence electrons. The highest BCUT2D eigenvalue weighted by atomic mass is 32.2. The SMILES string of the molecule is COC(=O)c1ccc(OCCSc2nnc(Cc3csc(C)n3)o2)cc1. The molecule has 0 saturated heterocycles. The summed E-state index contributed by atoms with van der Waals surface area (Å²) >= 11 is 3.03. The quantitative estimate of drug-likeness (QED) is 0.328. The maximum atomic E-state index is 11.4. The monoisotopic (exact) mass is 391 g/mol. The molecule has 2 aromatic heterocycles. The Balaban J connectivity index is 1.42. The Morgan fingerprint density at radius 2 is 2.08 bits per heavy atom. The molecule has 9 heteroatoms. The molecular formula is C17H17N3O4S2. The second-order valence-electron chi connectivity index (χ2n) is 5.21. The summed E-state index contributed by atoms with van der Waals surface area (Å²) in [5.41, 5.74) is 1.43. The van der Waals surface area contributed by atoms with Crippen molar-refractivity contribution in [2.75, 3.05) is 19.5 Å². The van der Waals surface area contributed by atoms with E-state index in [1.165, 1.54) is 18.9 Å². The number of rotatable bonds is 8. The average Bonchev–Trinajstić information content (AvgIpc) is 3.27. The molecule has 0 saturated carbocycles. The average molecular weight is 391 g/mol. The first-order chi connectivity index (χ1) is 12.6. The normalized spacial score (nSPS) is 10.7. The molecule has 0 N–H and O–H groups in total. The molecule has 0 aliphatic heterocycles. The third-order valence-corrected chi connectivity index (χ3v) is 4.91. The molecule has 0 aliphatic rings. The van der Waals surface area contributed by atoms with Crippen molar-refractivity contribution in [2.45, 2.75) is 18.6 Å². The minimum Gasteiger partial charge on any atom is -0.493 e. The van der Waals surface area contributed by atoms with E-state index in [0.717, 1.165) is 10.7 Å². The summed E-state index contributed by atoms with van der Waals surface area (Å²) in [6.07, 6.45) is 0.543. The number of aromatic nitrogens is 3. The summed E-state index contributed by atoms with van der Waals surface area (Å²) < 4.78 is 15.9. The molecule has 0 amide bonds. The highest BCUT2D eigenvalue weighted by Gasteiger charge is 2.10. The Morgan fingerprint density at radius 1 is 1.27 bits per heavy atom. The summed E-state index contributed by atoms with van der Waals surface area (Å²) in [5, 5.41) is 11.6. The number of nitrogens with zero attached hydrogens (tertiary/aromatic N) is 3. The summed E-state index contributed by atoms with van der Waals surface area (Å²) in [4.78, 5) is 15.7. The second-order valence-corrected chi connectivity index (χ2v) is 7.32. The van der Waals surface area contributed by atoms with Gasteiger partial charge in [-0.2, -0.15) is 0 Å². The van der Waals surface area contributed by atoms with E-state index in [1.807, 2.05) is 12.3 Å². The third-order valence-electron chi connectivity index (χ3n) is 3.30. The van der Waals surface area contributed by atoms with Gasteiger partial charge in [-0.05, 0) is 31.2 Å². The van der Waals surface area contributed by atoms with E-state index in [-0.39, 0.29) is 5.97 Å². The molecule has 0 radical (unpaired) electrons. The lowest BCUT2D eigenvalue weighted by Crippen LogP contribution is -2.02.